The van der Waals surface area contributed by atoms with Crippen LogP contribution in [0.15, 0.2) is 30.7 Å². The van der Waals surface area contributed by atoms with Gasteiger partial charge < -0.3 is 10.5 Å². The third-order valence-corrected chi connectivity index (χ3v) is 1.90. The summed E-state index contributed by atoms with van der Waals surface area (Å²) in [5.41, 5.74) is 7.14. The zero-order valence-electron chi connectivity index (χ0n) is 8.42. The molecule has 0 aliphatic heterocycles. The van der Waals surface area contributed by atoms with Crippen LogP contribution in [0.5, 0.6) is 5.88 Å². The Bertz CT molecular complexity index is 435. The summed E-state index contributed by atoms with van der Waals surface area (Å²) in [5.74, 6) is 0.563. The first-order chi connectivity index (χ1) is 7.24. The van der Waals surface area contributed by atoms with Crippen molar-refractivity contribution in [2.45, 2.75) is 6.61 Å². The third kappa shape index (κ3) is 2.46. The molecule has 2 rings (SSSR count). The van der Waals surface area contributed by atoms with Crippen molar-refractivity contribution in [1.82, 2.24) is 14.8 Å². The Labute approximate surface area is 87.5 Å². The number of ether oxygens (including phenoxy) is 1. The molecule has 2 aromatic rings. The second kappa shape index (κ2) is 4.00. The Morgan fingerprint density at radius 1 is 1.40 bits per heavy atom. The molecule has 5 nitrogen and oxygen atoms in total. The summed E-state index contributed by atoms with van der Waals surface area (Å²) in [6.07, 6.45) is 5.23. The van der Waals surface area contributed by atoms with Crippen molar-refractivity contribution in [3.63, 3.8) is 0 Å². The molecule has 2 heterocycles. The lowest BCUT2D eigenvalue weighted by molar-refractivity contribution is 0.294. The number of anilines is 1. The van der Waals surface area contributed by atoms with Gasteiger partial charge in [0, 0.05) is 24.9 Å². The predicted octanol–water partition coefficient (Wildman–Crippen LogP) is 0.976. The summed E-state index contributed by atoms with van der Waals surface area (Å²) >= 11 is 0. The van der Waals surface area contributed by atoms with Crippen LogP contribution in [-0.4, -0.2) is 14.8 Å². The lowest BCUT2D eigenvalue weighted by Gasteiger charge is -2.02. The highest BCUT2D eigenvalue weighted by Crippen LogP contribution is 2.10. The number of nitrogens with zero attached hydrogens (tertiary/aromatic N) is 3. The Balaban J connectivity index is 1.96. The fraction of sp³-hybridized carbons (Fsp3) is 0.200. The average Bonchev–Trinajstić information content (AvgIpc) is 2.64. The Morgan fingerprint density at radius 3 is 2.87 bits per heavy atom. The average molecular weight is 204 g/mol. The topological polar surface area (TPSA) is 66.0 Å². The van der Waals surface area contributed by atoms with Crippen LogP contribution >= 0.6 is 0 Å². The van der Waals surface area contributed by atoms with Gasteiger partial charge in [0.25, 0.3) is 0 Å². The van der Waals surface area contributed by atoms with Crippen LogP contribution in [-0.2, 0) is 13.7 Å². The van der Waals surface area contributed by atoms with Crippen molar-refractivity contribution < 1.29 is 4.74 Å². The van der Waals surface area contributed by atoms with Gasteiger partial charge in [0.15, 0.2) is 0 Å². The molecule has 0 saturated heterocycles. The van der Waals surface area contributed by atoms with Crippen molar-refractivity contribution >= 4 is 5.69 Å². The fourth-order valence-electron chi connectivity index (χ4n) is 1.18. The van der Waals surface area contributed by atoms with Crippen LogP contribution in [0.4, 0.5) is 5.69 Å². The maximum atomic E-state index is 5.51. The van der Waals surface area contributed by atoms with E-state index in [4.69, 9.17) is 10.5 Å². The van der Waals surface area contributed by atoms with Gasteiger partial charge in [-0.2, -0.15) is 5.10 Å². The molecule has 0 bridgehead atoms. The summed E-state index contributed by atoms with van der Waals surface area (Å²) in [4.78, 5) is 4.03. The number of aryl methyl sites for hydroxylation is 1. The third-order valence-electron chi connectivity index (χ3n) is 1.90. The van der Waals surface area contributed by atoms with Gasteiger partial charge in [0.1, 0.15) is 6.61 Å². The normalized spacial score (nSPS) is 10.2. The molecule has 0 atom stereocenters. The Morgan fingerprint density at radius 2 is 2.27 bits per heavy atom. The van der Waals surface area contributed by atoms with Crippen molar-refractivity contribution in [3.8, 4) is 5.88 Å². The van der Waals surface area contributed by atoms with E-state index in [9.17, 15) is 0 Å². The van der Waals surface area contributed by atoms with E-state index in [0.717, 1.165) is 5.56 Å². The van der Waals surface area contributed by atoms with Crippen LogP contribution in [0.25, 0.3) is 0 Å². The van der Waals surface area contributed by atoms with Gasteiger partial charge in [0.2, 0.25) is 5.88 Å². The molecule has 0 aromatic carbocycles. The molecule has 0 aliphatic carbocycles. The molecule has 5 heteroatoms. The molecule has 2 aromatic heterocycles. The first-order valence-corrected chi connectivity index (χ1v) is 4.56. The lowest BCUT2D eigenvalue weighted by atomic mass is 10.4. The summed E-state index contributed by atoms with van der Waals surface area (Å²) in [7, 11) is 1.87. The molecule has 0 spiro atoms. The van der Waals surface area contributed by atoms with Gasteiger partial charge in [-0.3, -0.25) is 4.68 Å². The van der Waals surface area contributed by atoms with Crippen LogP contribution in [0.3, 0.4) is 0 Å². The highest BCUT2D eigenvalue weighted by molar-refractivity contribution is 5.35. The molecule has 78 valence electrons. The molecule has 0 unspecified atom stereocenters. The minimum atomic E-state index is 0.463. The van der Waals surface area contributed by atoms with E-state index in [-0.39, 0.29) is 0 Å². The van der Waals surface area contributed by atoms with E-state index in [0.29, 0.717) is 18.2 Å². The number of aromatic nitrogens is 3. The molecule has 0 saturated carbocycles. The molecule has 0 radical (unpaired) electrons. The minimum absolute atomic E-state index is 0.463. The summed E-state index contributed by atoms with van der Waals surface area (Å²) in [5, 5.41) is 4.04. The van der Waals surface area contributed by atoms with Gasteiger partial charge >= 0.3 is 0 Å². The Kier molecular flexibility index (Phi) is 2.53. The van der Waals surface area contributed by atoms with Crippen molar-refractivity contribution in [2.75, 3.05) is 5.73 Å². The van der Waals surface area contributed by atoms with Gasteiger partial charge in [-0.1, -0.05) is 0 Å². The predicted molar refractivity (Wildman–Crippen MR) is 56.2 cm³/mol. The van der Waals surface area contributed by atoms with Crippen molar-refractivity contribution in [1.29, 1.82) is 0 Å². The van der Waals surface area contributed by atoms with E-state index < -0.39 is 0 Å². The largest absolute Gasteiger partial charge is 0.473 e. The smallest absolute Gasteiger partial charge is 0.213 e. The molecular formula is C10H12N4O. The van der Waals surface area contributed by atoms with E-state index in [1.807, 2.05) is 13.2 Å². The highest BCUT2D eigenvalue weighted by Gasteiger charge is 1.98. The number of hydrogen-bond donors (Lipinski definition) is 1. The van der Waals surface area contributed by atoms with E-state index in [1.54, 1.807) is 29.2 Å². The zero-order valence-corrected chi connectivity index (χ0v) is 8.42. The van der Waals surface area contributed by atoms with Crippen molar-refractivity contribution in [3.05, 3.63) is 36.3 Å². The van der Waals surface area contributed by atoms with Crippen LogP contribution in [0, 0.1) is 0 Å². The van der Waals surface area contributed by atoms with E-state index in [1.165, 1.54) is 0 Å². The van der Waals surface area contributed by atoms with Gasteiger partial charge in [-0.15, -0.1) is 0 Å². The number of pyridine rings is 1. The molecular weight excluding hydrogens is 192 g/mol. The maximum absolute atomic E-state index is 5.51. The first kappa shape index (κ1) is 9.51. The van der Waals surface area contributed by atoms with Crippen LogP contribution in [0.1, 0.15) is 5.56 Å². The number of rotatable bonds is 3. The van der Waals surface area contributed by atoms with Crippen LogP contribution in [0.2, 0.25) is 0 Å². The first-order valence-electron chi connectivity index (χ1n) is 4.56. The number of hydrogen-bond acceptors (Lipinski definition) is 4. The number of nitrogen functional groups attached to an aromatic ring is 1. The SMILES string of the molecule is Cn1cc(COc2ccc(N)cn2)cn1. The molecule has 0 fully saturated rings. The van der Waals surface area contributed by atoms with Crippen LogP contribution < -0.4 is 10.5 Å². The standard InChI is InChI=1S/C10H12N4O/c1-14-6-8(4-13-14)7-15-10-3-2-9(11)5-12-10/h2-6H,7,11H2,1H3. The number of nitrogens with two attached hydrogens (primary N) is 1. The zero-order chi connectivity index (χ0) is 10.7. The maximum Gasteiger partial charge on any atom is 0.213 e. The van der Waals surface area contributed by atoms with E-state index >= 15 is 0 Å². The molecule has 2 N–H and O–H groups in total. The lowest BCUT2D eigenvalue weighted by Crippen LogP contribution is -1.96. The molecule has 0 aliphatic rings. The van der Waals surface area contributed by atoms with Gasteiger partial charge in [-0.25, -0.2) is 4.98 Å². The molecule has 0 amide bonds. The second-order valence-electron chi connectivity index (χ2n) is 3.24. The fourth-order valence-corrected chi connectivity index (χ4v) is 1.18. The summed E-state index contributed by atoms with van der Waals surface area (Å²) in [6.45, 7) is 0.463. The minimum Gasteiger partial charge on any atom is -0.473 e. The van der Waals surface area contributed by atoms with Crippen molar-refractivity contribution in [2.24, 2.45) is 7.05 Å². The highest BCUT2D eigenvalue weighted by atomic mass is 16.5. The summed E-state index contributed by atoms with van der Waals surface area (Å²) < 4.78 is 7.17. The monoisotopic (exact) mass is 204 g/mol. The second-order valence-corrected chi connectivity index (χ2v) is 3.24. The van der Waals surface area contributed by atoms with Gasteiger partial charge in [-0.05, 0) is 6.07 Å². The Hall–Kier alpha value is -2.04. The van der Waals surface area contributed by atoms with E-state index in [2.05, 4.69) is 10.1 Å². The molecule has 15 heavy (non-hydrogen) atoms. The van der Waals surface area contributed by atoms with Gasteiger partial charge in [0.05, 0.1) is 18.1 Å². The summed E-state index contributed by atoms with van der Waals surface area (Å²) in [6, 6.07) is 3.50. The quantitative estimate of drug-likeness (QED) is 0.809.